The Kier molecular flexibility index (Phi) is 7.50. The van der Waals surface area contributed by atoms with Gasteiger partial charge in [-0.2, -0.15) is 5.26 Å². The molecule has 1 aliphatic carbocycles. The number of hydrogen-bond donors (Lipinski definition) is 3. The van der Waals surface area contributed by atoms with Crippen LogP contribution in [0.25, 0.3) is 0 Å². The van der Waals surface area contributed by atoms with Gasteiger partial charge < -0.3 is 15.4 Å². The first kappa shape index (κ1) is 22.2. The molecular weight excluding hydrogens is 390 g/mol. The molecule has 162 valence electrons. The Morgan fingerprint density at radius 3 is 2.58 bits per heavy atom. The largest absolute Gasteiger partial charge is 0.497 e. The minimum atomic E-state index is -0.139. The number of guanidine groups is 1. The van der Waals surface area contributed by atoms with E-state index >= 15 is 0 Å². The molecule has 3 rings (SSSR count). The zero-order chi connectivity index (χ0) is 22.1. The van der Waals surface area contributed by atoms with Crippen molar-refractivity contribution in [2.75, 3.05) is 20.7 Å². The normalized spacial score (nSPS) is 20.9. The van der Waals surface area contributed by atoms with E-state index in [2.05, 4.69) is 33.1 Å². The highest BCUT2D eigenvalue weighted by molar-refractivity contribution is 5.94. The molecule has 7 heteroatoms. The third kappa shape index (κ3) is 5.54. The summed E-state index contributed by atoms with van der Waals surface area (Å²) in [4.78, 5) is 16.9. The molecule has 0 unspecified atom stereocenters. The Morgan fingerprint density at radius 2 is 1.94 bits per heavy atom. The van der Waals surface area contributed by atoms with E-state index in [1.54, 1.807) is 26.3 Å². The Bertz CT molecular complexity index is 944. The maximum atomic E-state index is 12.8. The molecule has 2 aromatic carbocycles. The molecule has 1 fully saturated rings. The molecule has 0 bridgehead atoms. The average molecular weight is 420 g/mol. The molecular formula is C24H29N5O2. The second-order valence-electron chi connectivity index (χ2n) is 7.79. The number of nitriles is 1. The Morgan fingerprint density at radius 1 is 1.19 bits per heavy atom. The van der Waals surface area contributed by atoms with E-state index in [9.17, 15) is 4.79 Å². The highest BCUT2D eigenvalue weighted by Crippen LogP contribution is 2.39. The van der Waals surface area contributed by atoms with Gasteiger partial charge in [0.2, 0.25) is 5.96 Å². The van der Waals surface area contributed by atoms with Crippen molar-refractivity contribution >= 4 is 11.9 Å². The number of carbonyl (C=O) groups is 1. The third-order valence-electron chi connectivity index (χ3n) is 5.99. The number of nitrogens with one attached hydrogen (secondary N) is 3. The standard InChI is InChI=1S/C24H29N5O2/c1-26-23(28-17-25)29-20-11-13-24(14-12-20,19-8-4-3-5-9-19)16-27-22(30)18-7-6-10-21(15-18)31-2/h3-10,15,20H,11-14,16H2,1-2H3,(H,27,30)(H2,26,28,29). The molecule has 0 spiro atoms. The van der Waals surface area contributed by atoms with Crippen LogP contribution in [0.15, 0.2) is 59.6 Å². The number of aliphatic imine (C=N–C) groups is 1. The fourth-order valence-corrected chi connectivity index (χ4v) is 4.19. The Hall–Kier alpha value is -3.53. The van der Waals surface area contributed by atoms with Crippen molar-refractivity contribution in [3.63, 3.8) is 0 Å². The van der Waals surface area contributed by atoms with Crippen LogP contribution in [-0.4, -0.2) is 38.6 Å². The first-order chi connectivity index (χ1) is 15.1. The molecule has 0 saturated heterocycles. The van der Waals surface area contributed by atoms with Gasteiger partial charge >= 0.3 is 0 Å². The van der Waals surface area contributed by atoms with Crippen LogP contribution in [0, 0.1) is 11.5 Å². The summed E-state index contributed by atoms with van der Waals surface area (Å²) in [6, 6.07) is 17.8. The average Bonchev–Trinajstić information content (AvgIpc) is 2.83. The second-order valence-corrected chi connectivity index (χ2v) is 7.79. The lowest BCUT2D eigenvalue weighted by Gasteiger charge is -2.41. The minimum Gasteiger partial charge on any atom is -0.497 e. The van der Waals surface area contributed by atoms with Crippen molar-refractivity contribution in [3.05, 3.63) is 65.7 Å². The van der Waals surface area contributed by atoms with E-state index in [1.165, 1.54) is 5.56 Å². The zero-order valence-electron chi connectivity index (χ0n) is 18.0. The second kappa shape index (κ2) is 10.5. The lowest BCUT2D eigenvalue weighted by atomic mass is 9.68. The highest BCUT2D eigenvalue weighted by Gasteiger charge is 2.37. The van der Waals surface area contributed by atoms with Crippen molar-refractivity contribution in [3.8, 4) is 11.9 Å². The molecule has 0 heterocycles. The van der Waals surface area contributed by atoms with Crippen molar-refractivity contribution in [2.45, 2.75) is 37.1 Å². The number of hydrogen-bond acceptors (Lipinski definition) is 4. The fourth-order valence-electron chi connectivity index (χ4n) is 4.19. The monoisotopic (exact) mass is 419 g/mol. The smallest absolute Gasteiger partial charge is 0.251 e. The SMILES string of the molecule is CN=C(NC#N)NC1CCC(CNC(=O)c2cccc(OC)c2)(c2ccccc2)CC1. The first-order valence-electron chi connectivity index (χ1n) is 10.5. The number of ether oxygens (including phenoxy) is 1. The topological polar surface area (TPSA) is 98.5 Å². The van der Waals surface area contributed by atoms with Crippen LogP contribution in [0.4, 0.5) is 0 Å². The van der Waals surface area contributed by atoms with Crippen molar-refractivity contribution in [1.82, 2.24) is 16.0 Å². The van der Waals surface area contributed by atoms with Gasteiger partial charge in [-0.05, 0) is 49.4 Å². The van der Waals surface area contributed by atoms with Gasteiger partial charge in [0.15, 0.2) is 6.19 Å². The molecule has 7 nitrogen and oxygen atoms in total. The minimum absolute atomic E-state index is 0.104. The third-order valence-corrected chi connectivity index (χ3v) is 5.99. The molecule has 0 radical (unpaired) electrons. The van der Waals surface area contributed by atoms with E-state index < -0.39 is 0 Å². The predicted molar refractivity (Wildman–Crippen MR) is 121 cm³/mol. The van der Waals surface area contributed by atoms with Crippen LogP contribution in [0.3, 0.4) is 0 Å². The van der Waals surface area contributed by atoms with E-state index in [4.69, 9.17) is 10.00 Å². The van der Waals surface area contributed by atoms with Crippen LogP contribution < -0.4 is 20.7 Å². The van der Waals surface area contributed by atoms with E-state index in [0.29, 0.717) is 23.8 Å². The van der Waals surface area contributed by atoms with Gasteiger partial charge in [-0.25, -0.2) is 0 Å². The summed E-state index contributed by atoms with van der Waals surface area (Å²) in [6.07, 6.45) is 5.56. The highest BCUT2D eigenvalue weighted by atomic mass is 16.5. The molecule has 1 saturated carbocycles. The van der Waals surface area contributed by atoms with Crippen molar-refractivity contribution in [2.24, 2.45) is 4.99 Å². The van der Waals surface area contributed by atoms with Gasteiger partial charge in [0, 0.05) is 30.6 Å². The van der Waals surface area contributed by atoms with Gasteiger partial charge in [0.1, 0.15) is 5.75 Å². The molecule has 0 aliphatic heterocycles. The molecule has 0 atom stereocenters. The summed E-state index contributed by atoms with van der Waals surface area (Å²) in [5.41, 5.74) is 1.68. The summed E-state index contributed by atoms with van der Waals surface area (Å²) in [5.74, 6) is 1.05. The van der Waals surface area contributed by atoms with Gasteiger partial charge in [-0.15, -0.1) is 0 Å². The lowest BCUT2D eigenvalue weighted by molar-refractivity contribution is 0.0934. The number of amides is 1. The molecule has 0 aromatic heterocycles. The van der Waals surface area contributed by atoms with Gasteiger partial charge in [-0.1, -0.05) is 36.4 Å². The first-order valence-corrected chi connectivity index (χ1v) is 10.5. The molecule has 1 aliphatic rings. The van der Waals surface area contributed by atoms with Crippen LogP contribution in [-0.2, 0) is 5.41 Å². The van der Waals surface area contributed by atoms with Gasteiger partial charge in [0.05, 0.1) is 7.11 Å². The van der Waals surface area contributed by atoms with Gasteiger partial charge in [-0.3, -0.25) is 15.1 Å². The summed E-state index contributed by atoms with van der Waals surface area (Å²) in [5, 5.41) is 17.9. The molecule has 2 aromatic rings. The molecule has 3 N–H and O–H groups in total. The van der Waals surface area contributed by atoms with Crippen molar-refractivity contribution < 1.29 is 9.53 Å². The quantitative estimate of drug-likeness (QED) is 0.289. The number of carbonyl (C=O) groups excluding carboxylic acids is 1. The molecule has 31 heavy (non-hydrogen) atoms. The van der Waals surface area contributed by atoms with Crippen molar-refractivity contribution in [1.29, 1.82) is 5.26 Å². The zero-order valence-corrected chi connectivity index (χ0v) is 18.0. The van der Waals surface area contributed by atoms with Crippen LogP contribution in [0.2, 0.25) is 0 Å². The lowest BCUT2D eigenvalue weighted by Crippen LogP contribution is -2.49. The van der Waals surface area contributed by atoms with E-state index in [1.807, 2.05) is 36.5 Å². The number of rotatable bonds is 6. The maximum absolute atomic E-state index is 12.8. The van der Waals surface area contributed by atoms with Crippen LogP contribution >= 0.6 is 0 Å². The summed E-state index contributed by atoms with van der Waals surface area (Å²) >= 11 is 0. The van der Waals surface area contributed by atoms with Crippen LogP contribution in [0.1, 0.15) is 41.6 Å². The van der Waals surface area contributed by atoms with E-state index in [0.717, 1.165) is 25.7 Å². The Labute approximate surface area is 183 Å². The summed E-state index contributed by atoms with van der Waals surface area (Å²) in [7, 11) is 3.24. The van der Waals surface area contributed by atoms with Gasteiger partial charge in [0.25, 0.3) is 5.91 Å². The maximum Gasteiger partial charge on any atom is 0.251 e. The van der Waals surface area contributed by atoms with Crippen LogP contribution in [0.5, 0.6) is 5.75 Å². The Balaban J connectivity index is 1.71. The predicted octanol–water partition coefficient (Wildman–Crippen LogP) is 2.95. The van der Waals surface area contributed by atoms with E-state index in [-0.39, 0.29) is 17.4 Å². The number of methoxy groups -OCH3 is 1. The summed E-state index contributed by atoms with van der Waals surface area (Å²) in [6.45, 7) is 0.560. The number of nitrogens with zero attached hydrogens (tertiary/aromatic N) is 2. The summed E-state index contributed by atoms with van der Waals surface area (Å²) < 4.78 is 5.24. The fraction of sp³-hybridized carbons (Fsp3) is 0.375. The molecule has 1 amide bonds. The number of benzene rings is 2.